The standard InChI is InChI=1S/C18H27N3O2S.ClH/c1-13-6-7-15(24-13)17(23)21-11-9-20(10-12-21)16(22)14-5-3-4-8-18(14,2)19;/h6-7,14H,3-5,8-12,19H2,1-2H3;1H. The van der Waals surface area contributed by atoms with Gasteiger partial charge >= 0.3 is 0 Å². The Morgan fingerprint density at radius 3 is 2.36 bits per heavy atom. The van der Waals surface area contributed by atoms with Gasteiger partial charge in [-0.15, -0.1) is 23.7 Å². The summed E-state index contributed by atoms with van der Waals surface area (Å²) in [5.74, 6) is 0.189. The molecule has 3 rings (SSSR count). The third kappa shape index (κ3) is 4.36. The van der Waals surface area contributed by atoms with E-state index in [0.717, 1.165) is 35.4 Å². The maximum absolute atomic E-state index is 12.9. The first-order valence-corrected chi connectivity index (χ1v) is 9.63. The summed E-state index contributed by atoms with van der Waals surface area (Å²) in [6, 6.07) is 3.87. The SMILES string of the molecule is Cc1ccc(C(=O)N2CCN(C(=O)C3CCCCC3(C)N)CC2)s1.Cl. The van der Waals surface area contributed by atoms with Gasteiger partial charge in [-0.25, -0.2) is 0 Å². The van der Waals surface area contributed by atoms with Crippen molar-refractivity contribution in [2.45, 2.75) is 45.1 Å². The van der Waals surface area contributed by atoms with Crippen LogP contribution in [-0.2, 0) is 4.79 Å². The summed E-state index contributed by atoms with van der Waals surface area (Å²) in [5, 5.41) is 0. The molecule has 140 valence electrons. The number of rotatable bonds is 2. The Labute approximate surface area is 160 Å². The highest BCUT2D eigenvalue weighted by Gasteiger charge is 2.40. The minimum atomic E-state index is -0.392. The molecular formula is C18H28ClN3O2S. The lowest BCUT2D eigenvalue weighted by molar-refractivity contribution is -0.140. The molecule has 7 heteroatoms. The molecule has 2 heterocycles. The number of piperazine rings is 1. The molecule has 1 saturated heterocycles. The smallest absolute Gasteiger partial charge is 0.264 e. The predicted molar refractivity (Wildman–Crippen MR) is 103 cm³/mol. The zero-order valence-corrected chi connectivity index (χ0v) is 16.6. The minimum Gasteiger partial charge on any atom is -0.339 e. The zero-order chi connectivity index (χ0) is 17.3. The van der Waals surface area contributed by atoms with Gasteiger partial charge in [-0.3, -0.25) is 9.59 Å². The molecule has 2 aliphatic rings. The third-order valence-corrected chi connectivity index (χ3v) is 6.37. The number of nitrogens with two attached hydrogens (primary N) is 1. The van der Waals surface area contributed by atoms with Crippen LogP contribution in [-0.4, -0.2) is 53.3 Å². The fourth-order valence-corrected chi connectivity index (χ4v) is 4.65. The molecule has 2 amide bonds. The van der Waals surface area contributed by atoms with Gasteiger partial charge in [0.05, 0.1) is 10.8 Å². The molecule has 1 aromatic rings. The van der Waals surface area contributed by atoms with E-state index in [-0.39, 0.29) is 30.1 Å². The Morgan fingerprint density at radius 2 is 1.80 bits per heavy atom. The molecule has 1 saturated carbocycles. The second kappa shape index (κ2) is 8.06. The van der Waals surface area contributed by atoms with E-state index in [0.29, 0.717) is 26.2 Å². The summed E-state index contributed by atoms with van der Waals surface area (Å²) in [5.41, 5.74) is 5.98. The van der Waals surface area contributed by atoms with Crippen molar-refractivity contribution < 1.29 is 9.59 Å². The van der Waals surface area contributed by atoms with Crippen LogP contribution in [0.3, 0.4) is 0 Å². The Hall–Kier alpha value is -1.11. The highest BCUT2D eigenvalue weighted by atomic mass is 35.5. The summed E-state index contributed by atoms with van der Waals surface area (Å²) >= 11 is 1.53. The number of amides is 2. The molecule has 2 atom stereocenters. The highest BCUT2D eigenvalue weighted by molar-refractivity contribution is 7.13. The summed E-state index contributed by atoms with van der Waals surface area (Å²) < 4.78 is 0. The molecule has 1 aliphatic carbocycles. The molecule has 0 radical (unpaired) electrons. The average Bonchev–Trinajstić information content (AvgIpc) is 3.00. The van der Waals surface area contributed by atoms with Crippen molar-refractivity contribution in [2.24, 2.45) is 11.7 Å². The van der Waals surface area contributed by atoms with E-state index in [9.17, 15) is 9.59 Å². The number of carbonyl (C=O) groups is 2. The maximum atomic E-state index is 12.9. The summed E-state index contributed by atoms with van der Waals surface area (Å²) in [6.45, 7) is 6.45. The Morgan fingerprint density at radius 1 is 1.16 bits per heavy atom. The van der Waals surface area contributed by atoms with Crippen molar-refractivity contribution in [1.29, 1.82) is 0 Å². The third-order valence-electron chi connectivity index (χ3n) is 5.38. The fourth-order valence-electron chi connectivity index (χ4n) is 3.82. The van der Waals surface area contributed by atoms with Crippen LogP contribution in [0.1, 0.15) is 47.2 Å². The van der Waals surface area contributed by atoms with Crippen LogP contribution in [0.15, 0.2) is 12.1 Å². The topological polar surface area (TPSA) is 66.6 Å². The van der Waals surface area contributed by atoms with Crippen LogP contribution in [0.5, 0.6) is 0 Å². The van der Waals surface area contributed by atoms with Gasteiger partial charge in [0.2, 0.25) is 5.91 Å². The number of thiophene rings is 1. The quantitative estimate of drug-likeness (QED) is 0.851. The molecule has 1 aliphatic heterocycles. The second-order valence-corrected chi connectivity index (χ2v) is 8.62. The van der Waals surface area contributed by atoms with E-state index in [1.807, 2.05) is 35.8 Å². The van der Waals surface area contributed by atoms with Crippen molar-refractivity contribution in [3.8, 4) is 0 Å². The van der Waals surface area contributed by atoms with Gasteiger partial charge in [-0.2, -0.15) is 0 Å². The van der Waals surface area contributed by atoms with Gasteiger partial charge in [0.15, 0.2) is 0 Å². The second-order valence-electron chi connectivity index (χ2n) is 7.33. The molecule has 2 unspecified atom stereocenters. The van der Waals surface area contributed by atoms with Gasteiger partial charge < -0.3 is 15.5 Å². The van der Waals surface area contributed by atoms with Crippen LogP contribution in [0.2, 0.25) is 0 Å². The van der Waals surface area contributed by atoms with Crippen molar-refractivity contribution >= 4 is 35.6 Å². The van der Waals surface area contributed by atoms with Crippen molar-refractivity contribution in [2.75, 3.05) is 26.2 Å². The Balaban J connectivity index is 0.00000225. The van der Waals surface area contributed by atoms with Crippen LogP contribution < -0.4 is 5.73 Å². The Bertz CT molecular complexity index is 624. The summed E-state index contributed by atoms with van der Waals surface area (Å²) in [4.78, 5) is 31.1. The van der Waals surface area contributed by atoms with E-state index < -0.39 is 5.54 Å². The zero-order valence-electron chi connectivity index (χ0n) is 15.0. The molecule has 0 aromatic carbocycles. The number of halogens is 1. The largest absolute Gasteiger partial charge is 0.339 e. The molecule has 25 heavy (non-hydrogen) atoms. The number of carbonyl (C=O) groups excluding carboxylic acids is 2. The normalized spacial score (nSPS) is 26.9. The minimum absolute atomic E-state index is 0. The van der Waals surface area contributed by atoms with E-state index in [2.05, 4.69) is 0 Å². The average molecular weight is 386 g/mol. The van der Waals surface area contributed by atoms with Gasteiger partial charge in [0.1, 0.15) is 0 Å². The lowest BCUT2D eigenvalue weighted by atomic mass is 9.74. The van der Waals surface area contributed by atoms with Crippen LogP contribution in [0, 0.1) is 12.8 Å². The predicted octanol–water partition coefficient (Wildman–Crippen LogP) is 2.67. The fraction of sp³-hybridized carbons (Fsp3) is 0.667. The molecule has 0 spiro atoms. The first-order valence-electron chi connectivity index (χ1n) is 8.82. The van der Waals surface area contributed by atoms with Gasteiger partial charge in [-0.1, -0.05) is 12.8 Å². The van der Waals surface area contributed by atoms with Crippen LogP contribution in [0.25, 0.3) is 0 Å². The highest BCUT2D eigenvalue weighted by Crippen LogP contribution is 2.33. The van der Waals surface area contributed by atoms with E-state index in [1.54, 1.807) is 0 Å². The number of aryl methyl sites for hydroxylation is 1. The number of hydrogen-bond donors (Lipinski definition) is 1. The van der Waals surface area contributed by atoms with Crippen molar-refractivity contribution in [3.63, 3.8) is 0 Å². The van der Waals surface area contributed by atoms with E-state index >= 15 is 0 Å². The van der Waals surface area contributed by atoms with Crippen molar-refractivity contribution in [1.82, 2.24) is 9.80 Å². The molecule has 2 fully saturated rings. The molecule has 1 aromatic heterocycles. The first-order chi connectivity index (χ1) is 11.4. The maximum Gasteiger partial charge on any atom is 0.264 e. The van der Waals surface area contributed by atoms with Crippen LogP contribution in [0.4, 0.5) is 0 Å². The van der Waals surface area contributed by atoms with Crippen molar-refractivity contribution in [3.05, 3.63) is 21.9 Å². The van der Waals surface area contributed by atoms with Gasteiger partial charge in [0, 0.05) is 36.6 Å². The number of hydrogen-bond acceptors (Lipinski definition) is 4. The lowest BCUT2D eigenvalue weighted by Gasteiger charge is -2.42. The molecular weight excluding hydrogens is 358 g/mol. The van der Waals surface area contributed by atoms with Gasteiger partial charge in [0.25, 0.3) is 5.91 Å². The lowest BCUT2D eigenvalue weighted by Crippen LogP contribution is -2.57. The molecule has 5 nitrogen and oxygen atoms in total. The first kappa shape index (κ1) is 20.2. The number of nitrogens with zero attached hydrogens (tertiary/aromatic N) is 2. The summed E-state index contributed by atoms with van der Waals surface area (Å²) in [7, 11) is 0. The summed E-state index contributed by atoms with van der Waals surface area (Å²) in [6.07, 6.45) is 4.00. The van der Waals surface area contributed by atoms with Gasteiger partial charge in [-0.05, 0) is 38.8 Å². The molecule has 0 bridgehead atoms. The van der Waals surface area contributed by atoms with E-state index in [4.69, 9.17) is 5.73 Å². The van der Waals surface area contributed by atoms with Crippen LogP contribution >= 0.6 is 23.7 Å². The molecule has 2 N–H and O–H groups in total. The monoisotopic (exact) mass is 385 g/mol. The van der Waals surface area contributed by atoms with E-state index in [1.165, 1.54) is 11.3 Å². The Kier molecular flexibility index (Phi) is 6.51.